The fourth-order valence-corrected chi connectivity index (χ4v) is 3.22. The van der Waals surface area contributed by atoms with Gasteiger partial charge in [0.15, 0.2) is 0 Å². The van der Waals surface area contributed by atoms with E-state index in [1.54, 1.807) is 6.92 Å². The van der Waals surface area contributed by atoms with E-state index in [0.717, 1.165) is 11.3 Å². The predicted octanol–water partition coefficient (Wildman–Crippen LogP) is 0.822. The van der Waals surface area contributed by atoms with Crippen molar-refractivity contribution in [1.29, 1.82) is 0 Å². The molecule has 0 unspecified atom stereocenters. The standard InChI is InChI=1S/C13H20N2O3S/c1-11(16)12-5-3-4-6-13(12)14-7-9-15(10-8-14)19(2,17)18/h3-6,11,16H,7-10H2,1-2H3/t11-/m0/s1. The first-order valence-electron chi connectivity index (χ1n) is 6.36. The summed E-state index contributed by atoms with van der Waals surface area (Å²) in [5, 5.41) is 9.78. The number of hydrogen-bond acceptors (Lipinski definition) is 4. The molecular formula is C13H20N2O3S. The van der Waals surface area contributed by atoms with E-state index >= 15 is 0 Å². The summed E-state index contributed by atoms with van der Waals surface area (Å²) >= 11 is 0. The van der Waals surface area contributed by atoms with Crippen molar-refractivity contribution in [3.63, 3.8) is 0 Å². The molecule has 6 heteroatoms. The summed E-state index contributed by atoms with van der Waals surface area (Å²) in [5.74, 6) is 0. The Morgan fingerprint density at radius 3 is 2.26 bits per heavy atom. The summed E-state index contributed by atoms with van der Waals surface area (Å²) in [4.78, 5) is 2.13. The highest BCUT2D eigenvalue weighted by Gasteiger charge is 2.24. The Hall–Kier alpha value is -1.11. The van der Waals surface area contributed by atoms with E-state index in [4.69, 9.17) is 0 Å². The van der Waals surface area contributed by atoms with Gasteiger partial charge in [0.1, 0.15) is 0 Å². The van der Waals surface area contributed by atoms with E-state index in [0.29, 0.717) is 26.2 Å². The minimum atomic E-state index is -3.10. The van der Waals surface area contributed by atoms with E-state index in [9.17, 15) is 13.5 Å². The molecule has 0 aromatic heterocycles. The number of sulfonamides is 1. The van der Waals surface area contributed by atoms with Crippen LogP contribution in [0.25, 0.3) is 0 Å². The molecule has 106 valence electrons. The Kier molecular flexibility index (Phi) is 4.13. The van der Waals surface area contributed by atoms with Crippen LogP contribution in [0.1, 0.15) is 18.6 Å². The van der Waals surface area contributed by atoms with Crippen LogP contribution >= 0.6 is 0 Å². The molecule has 19 heavy (non-hydrogen) atoms. The predicted molar refractivity (Wildman–Crippen MR) is 75.7 cm³/mol. The molecule has 1 fully saturated rings. The molecule has 1 saturated heterocycles. The number of aliphatic hydroxyl groups is 1. The SMILES string of the molecule is C[C@H](O)c1ccccc1N1CCN(S(C)(=O)=O)CC1. The Labute approximate surface area is 114 Å². The number of nitrogens with zero attached hydrogens (tertiary/aromatic N) is 2. The zero-order chi connectivity index (χ0) is 14.0. The Morgan fingerprint density at radius 2 is 1.74 bits per heavy atom. The minimum absolute atomic E-state index is 0.493. The maximum atomic E-state index is 11.5. The van der Waals surface area contributed by atoms with Gasteiger partial charge < -0.3 is 10.0 Å². The molecule has 0 aliphatic carbocycles. The van der Waals surface area contributed by atoms with Crippen molar-refractivity contribution in [1.82, 2.24) is 4.31 Å². The molecule has 1 aromatic rings. The lowest BCUT2D eigenvalue weighted by Crippen LogP contribution is -2.48. The van der Waals surface area contributed by atoms with Crippen molar-refractivity contribution < 1.29 is 13.5 Å². The van der Waals surface area contributed by atoms with Gasteiger partial charge in [0.05, 0.1) is 12.4 Å². The van der Waals surface area contributed by atoms with Gasteiger partial charge in [0, 0.05) is 37.4 Å². The van der Waals surface area contributed by atoms with Gasteiger partial charge in [-0.3, -0.25) is 0 Å². The molecule has 1 aliphatic heterocycles. The quantitative estimate of drug-likeness (QED) is 0.893. The number of rotatable bonds is 3. The molecule has 0 radical (unpaired) electrons. The van der Waals surface area contributed by atoms with Crippen LogP contribution in [0, 0.1) is 0 Å². The fourth-order valence-electron chi connectivity index (χ4n) is 2.39. The van der Waals surface area contributed by atoms with E-state index < -0.39 is 16.1 Å². The third-order valence-electron chi connectivity index (χ3n) is 3.44. The van der Waals surface area contributed by atoms with Crippen LogP contribution in [0.15, 0.2) is 24.3 Å². The molecule has 1 heterocycles. The second-order valence-electron chi connectivity index (χ2n) is 4.88. The molecule has 2 rings (SSSR count). The van der Waals surface area contributed by atoms with Crippen molar-refractivity contribution in [3.8, 4) is 0 Å². The van der Waals surface area contributed by atoms with Gasteiger partial charge in [0.25, 0.3) is 0 Å². The lowest BCUT2D eigenvalue weighted by Gasteiger charge is -2.36. The summed E-state index contributed by atoms with van der Waals surface area (Å²) in [7, 11) is -3.10. The smallest absolute Gasteiger partial charge is 0.211 e. The van der Waals surface area contributed by atoms with Crippen LogP contribution in [0.2, 0.25) is 0 Å². The van der Waals surface area contributed by atoms with Gasteiger partial charge in [-0.25, -0.2) is 8.42 Å². The van der Waals surface area contributed by atoms with Gasteiger partial charge >= 0.3 is 0 Å². The third kappa shape index (κ3) is 3.26. The maximum Gasteiger partial charge on any atom is 0.211 e. The van der Waals surface area contributed by atoms with Crippen molar-refractivity contribution in [2.45, 2.75) is 13.0 Å². The summed E-state index contributed by atoms with van der Waals surface area (Å²) < 4.78 is 24.4. The molecule has 1 N–H and O–H groups in total. The highest BCUT2D eigenvalue weighted by molar-refractivity contribution is 7.88. The number of benzene rings is 1. The largest absolute Gasteiger partial charge is 0.389 e. The Balaban J connectivity index is 2.14. The average Bonchev–Trinajstić information content (AvgIpc) is 2.38. The van der Waals surface area contributed by atoms with Crippen molar-refractivity contribution in [2.24, 2.45) is 0 Å². The summed E-state index contributed by atoms with van der Waals surface area (Å²) in [6.07, 6.45) is 0.719. The number of anilines is 1. The molecule has 1 aliphatic rings. The first-order chi connectivity index (χ1) is 8.89. The van der Waals surface area contributed by atoms with Crippen LogP contribution in [0.4, 0.5) is 5.69 Å². The molecular weight excluding hydrogens is 264 g/mol. The maximum absolute atomic E-state index is 11.5. The number of para-hydroxylation sites is 1. The second-order valence-corrected chi connectivity index (χ2v) is 6.87. The third-order valence-corrected chi connectivity index (χ3v) is 4.74. The summed E-state index contributed by atoms with van der Waals surface area (Å²) in [6.45, 7) is 4.03. The Morgan fingerprint density at radius 1 is 1.16 bits per heavy atom. The zero-order valence-electron chi connectivity index (χ0n) is 11.3. The number of piperazine rings is 1. The molecule has 1 aromatic carbocycles. The second kappa shape index (κ2) is 5.48. The van der Waals surface area contributed by atoms with Gasteiger partial charge in [-0.2, -0.15) is 4.31 Å². The van der Waals surface area contributed by atoms with Crippen LogP contribution in [-0.4, -0.2) is 50.3 Å². The molecule has 0 saturated carbocycles. The number of aliphatic hydroxyl groups excluding tert-OH is 1. The van der Waals surface area contributed by atoms with Gasteiger partial charge in [-0.05, 0) is 13.0 Å². The highest BCUT2D eigenvalue weighted by Crippen LogP contribution is 2.27. The van der Waals surface area contributed by atoms with Crippen LogP contribution in [0.3, 0.4) is 0 Å². The molecule has 0 amide bonds. The molecule has 0 bridgehead atoms. The van der Waals surface area contributed by atoms with Gasteiger partial charge in [0.2, 0.25) is 10.0 Å². The van der Waals surface area contributed by atoms with E-state index in [1.165, 1.54) is 10.6 Å². The monoisotopic (exact) mass is 284 g/mol. The van der Waals surface area contributed by atoms with E-state index in [-0.39, 0.29) is 0 Å². The lowest BCUT2D eigenvalue weighted by molar-refractivity contribution is 0.199. The van der Waals surface area contributed by atoms with Crippen molar-refractivity contribution >= 4 is 15.7 Å². The normalized spacial score (nSPS) is 19.4. The van der Waals surface area contributed by atoms with Crippen molar-refractivity contribution in [3.05, 3.63) is 29.8 Å². The highest BCUT2D eigenvalue weighted by atomic mass is 32.2. The first kappa shape index (κ1) is 14.3. The topological polar surface area (TPSA) is 60.9 Å². The molecule has 0 spiro atoms. The van der Waals surface area contributed by atoms with E-state index in [1.807, 2.05) is 24.3 Å². The van der Waals surface area contributed by atoms with Crippen LogP contribution < -0.4 is 4.90 Å². The first-order valence-corrected chi connectivity index (χ1v) is 8.21. The van der Waals surface area contributed by atoms with Crippen LogP contribution in [-0.2, 0) is 10.0 Å². The van der Waals surface area contributed by atoms with E-state index in [2.05, 4.69) is 4.90 Å². The zero-order valence-corrected chi connectivity index (χ0v) is 12.1. The summed E-state index contributed by atoms with van der Waals surface area (Å²) in [5.41, 5.74) is 1.88. The molecule has 1 atom stereocenters. The minimum Gasteiger partial charge on any atom is -0.389 e. The number of hydrogen-bond donors (Lipinski definition) is 1. The summed E-state index contributed by atoms with van der Waals surface area (Å²) in [6, 6.07) is 7.71. The van der Waals surface area contributed by atoms with Gasteiger partial charge in [-0.1, -0.05) is 18.2 Å². The lowest BCUT2D eigenvalue weighted by atomic mass is 10.1. The van der Waals surface area contributed by atoms with Crippen LogP contribution in [0.5, 0.6) is 0 Å². The van der Waals surface area contributed by atoms with Crippen molar-refractivity contribution in [2.75, 3.05) is 37.3 Å². The van der Waals surface area contributed by atoms with Gasteiger partial charge in [-0.15, -0.1) is 0 Å². The molecule has 5 nitrogen and oxygen atoms in total. The average molecular weight is 284 g/mol. The Bertz CT molecular complexity index is 535. The fraction of sp³-hybridized carbons (Fsp3) is 0.538.